The fourth-order valence-electron chi connectivity index (χ4n) is 7.00. The maximum atomic E-state index is 10.8. The van der Waals surface area contributed by atoms with Crippen molar-refractivity contribution in [3.8, 4) is 0 Å². The molecule has 13 nitrogen and oxygen atoms in total. The number of rotatable bonds is 16. The van der Waals surface area contributed by atoms with Gasteiger partial charge in [-0.05, 0) is 30.5 Å². The van der Waals surface area contributed by atoms with E-state index in [9.17, 15) is 10.2 Å². The summed E-state index contributed by atoms with van der Waals surface area (Å²) in [7, 11) is 4.45. The van der Waals surface area contributed by atoms with Crippen LogP contribution in [0.5, 0.6) is 0 Å². The highest BCUT2D eigenvalue weighted by Crippen LogP contribution is 2.45. The second-order valence-corrected chi connectivity index (χ2v) is 13.5. The summed E-state index contributed by atoms with van der Waals surface area (Å²) in [4.78, 5) is 0. The molecule has 0 aromatic heterocycles. The van der Waals surface area contributed by atoms with E-state index in [1.807, 2.05) is 91.0 Å². The van der Waals surface area contributed by atoms with Gasteiger partial charge in [0.05, 0.1) is 33.0 Å². The molecule has 290 valence electrons. The number of methoxy groups -OCH3 is 3. The fourth-order valence-corrected chi connectivity index (χ4v) is 7.00. The lowest BCUT2D eigenvalue weighted by molar-refractivity contribution is -0.489. The van der Waals surface area contributed by atoms with Crippen molar-refractivity contribution in [1.29, 1.82) is 0 Å². The summed E-state index contributed by atoms with van der Waals surface area (Å²) >= 11 is 0. The summed E-state index contributed by atoms with van der Waals surface area (Å²) in [5.41, 5.74) is 2.78. The molecule has 3 saturated heterocycles. The van der Waals surface area contributed by atoms with Gasteiger partial charge in [-0.25, -0.2) is 0 Å². The number of benzene rings is 3. The number of aliphatic hydroxyl groups excluding tert-OH is 2. The SMILES string of the molecule is CO[C@H]1O[C@H](CO)[C@H](OC2O[C@H](CO)[C@@H](OCc3ccccc3)[C@H](OCc3ccccc3)[C@H]2OCc2ccccc2)[C@@H]2O[C@@](C)(OC)[C@](C)(OC)O[C@@H]12. The van der Waals surface area contributed by atoms with Gasteiger partial charge in [0.2, 0.25) is 11.6 Å². The molecule has 3 fully saturated rings. The van der Waals surface area contributed by atoms with E-state index < -0.39 is 86.2 Å². The predicted octanol–water partition coefficient (Wildman–Crippen LogP) is 3.72. The molecular formula is C40H52O13. The number of hydrogen-bond acceptors (Lipinski definition) is 13. The Balaban J connectivity index is 1.36. The van der Waals surface area contributed by atoms with Crippen LogP contribution in [-0.4, -0.2) is 118 Å². The van der Waals surface area contributed by atoms with Gasteiger partial charge in [-0.1, -0.05) is 91.0 Å². The number of fused-ring (bicyclic) bond motifs is 1. The van der Waals surface area contributed by atoms with Crippen LogP contribution in [0.15, 0.2) is 91.0 Å². The highest BCUT2D eigenvalue weighted by Gasteiger charge is 2.64. The second kappa shape index (κ2) is 18.2. The first kappa shape index (κ1) is 39.8. The lowest BCUT2D eigenvalue weighted by Gasteiger charge is -2.57. The van der Waals surface area contributed by atoms with Crippen LogP contribution in [0.3, 0.4) is 0 Å². The maximum Gasteiger partial charge on any atom is 0.220 e. The first-order valence-electron chi connectivity index (χ1n) is 17.9. The minimum atomic E-state index is -1.41. The molecular weight excluding hydrogens is 688 g/mol. The largest absolute Gasteiger partial charge is 0.394 e. The first-order chi connectivity index (χ1) is 25.8. The first-order valence-corrected chi connectivity index (χ1v) is 17.9. The van der Waals surface area contributed by atoms with E-state index in [0.29, 0.717) is 0 Å². The van der Waals surface area contributed by atoms with Crippen LogP contribution in [0.4, 0.5) is 0 Å². The third kappa shape index (κ3) is 8.84. The van der Waals surface area contributed by atoms with Crippen molar-refractivity contribution in [2.75, 3.05) is 34.5 Å². The second-order valence-electron chi connectivity index (χ2n) is 13.5. The Labute approximate surface area is 310 Å². The predicted molar refractivity (Wildman–Crippen MR) is 189 cm³/mol. The van der Waals surface area contributed by atoms with Crippen molar-refractivity contribution in [3.05, 3.63) is 108 Å². The molecule has 0 aliphatic carbocycles. The smallest absolute Gasteiger partial charge is 0.220 e. The van der Waals surface area contributed by atoms with Gasteiger partial charge in [-0.15, -0.1) is 0 Å². The Morgan fingerprint density at radius 3 is 1.40 bits per heavy atom. The zero-order valence-corrected chi connectivity index (χ0v) is 30.9. The maximum absolute atomic E-state index is 10.8. The number of hydrogen-bond donors (Lipinski definition) is 2. The van der Waals surface area contributed by atoms with Gasteiger partial charge < -0.3 is 62.3 Å². The summed E-state index contributed by atoms with van der Waals surface area (Å²) in [5.74, 6) is -2.79. The monoisotopic (exact) mass is 740 g/mol. The van der Waals surface area contributed by atoms with Crippen LogP contribution in [0.1, 0.15) is 30.5 Å². The lowest BCUT2D eigenvalue weighted by atomic mass is 9.93. The molecule has 53 heavy (non-hydrogen) atoms. The zero-order chi connectivity index (χ0) is 37.4. The van der Waals surface area contributed by atoms with Crippen molar-refractivity contribution in [1.82, 2.24) is 0 Å². The molecule has 13 heteroatoms. The Morgan fingerprint density at radius 2 is 0.943 bits per heavy atom. The molecule has 3 aromatic carbocycles. The van der Waals surface area contributed by atoms with Crippen molar-refractivity contribution in [2.45, 2.75) is 107 Å². The van der Waals surface area contributed by atoms with Crippen molar-refractivity contribution in [3.63, 3.8) is 0 Å². The van der Waals surface area contributed by atoms with Crippen molar-refractivity contribution < 1.29 is 62.3 Å². The van der Waals surface area contributed by atoms with E-state index in [4.69, 9.17) is 52.1 Å². The molecule has 3 aromatic rings. The standard InChI is InChI=1S/C40H52O13/c1-39(44-4)40(2,45-5)53-36-34(52-39)32(30(22-42)49-37(36)43-3)51-38-35(48-25-28-19-13-8-14-20-28)33(47-24-27-17-11-7-12-18-27)31(29(21-41)50-38)46-23-26-15-9-6-10-16-26/h6-20,29-38,41-42H,21-25H2,1-5H3/t29-,30-,31-,32+,33+,34+,35-,36-,37+,38?,39-,40-/m1/s1. The molecule has 3 heterocycles. The molecule has 6 rings (SSSR count). The summed E-state index contributed by atoms with van der Waals surface area (Å²) < 4.78 is 69.9. The molecule has 2 N–H and O–H groups in total. The zero-order valence-electron chi connectivity index (χ0n) is 30.9. The normalized spacial score (nSPS) is 35.8. The lowest BCUT2D eigenvalue weighted by Crippen LogP contribution is -2.74. The van der Waals surface area contributed by atoms with Gasteiger partial charge in [0.1, 0.15) is 48.8 Å². The third-order valence-electron chi connectivity index (χ3n) is 10.2. The molecule has 0 spiro atoms. The van der Waals surface area contributed by atoms with Gasteiger partial charge in [0, 0.05) is 21.3 Å². The van der Waals surface area contributed by atoms with Crippen LogP contribution >= 0.6 is 0 Å². The summed E-state index contributed by atoms with van der Waals surface area (Å²) in [6.07, 6.45) is -9.29. The molecule has 1 unspecified atom stereocenters. The van der Waals surface area contributed by atoms with Crippen LogP contribution in [0, 0.1) is 0 Å². The van der Waals surface area contributed by atoms with E-state index in [1.165, 1.54) is 21.3 Å². The number of ether oxygens (including phenoxy) is 11. The summed E-state index contributed by atoms with van der Waals surface area (Å²) in [5, 5.41) is 21.5. The van der Waals surface area contributed by atoms with E-state index in [-0.39, 0.29) is 19.8 Å². The topological polar surface area (TPSA) is 142 Å². The molecule has 12 atom stereocenters. The van der Waals surface area contributed by atoms with Crippen LogP contribution in [0.25, 0.3) is 0 Å². The average molecular weight is 741 g/mol. The molecule has 3 aliphatic rings. The highest BCUT2D eigenvalue weighted by molar-refractivity contribution is 5.16. The molecule has 3 aliphatic heterocycles. The van der Waals surface area contributed by atoms with Gasteiger partial charge >= 0.3 is 0 Å². The van der Waals surface area contributed by atoms with E-state index >= 15 is 0 Å². The Morgan fingerprint density at radius 1 is 0.528 bits per heavy atom. The van der Waals surface area contributed by atoms with E-state index in [2.05, 4.69) is 0 Å². The van der Waals surface area contributed by atoms with E-state index in [1.54, 1.807) is 13.8 Å². The van der Waals surface area contributed by atoms with Gasteiger partial charge in [0.15, 0.2) is 12.6 Å². The van der Waals surface area contributed by atoms with E-state index in [0.717, 1.165) is 16.7 Å². The fraction of sp³-hybridized carbons (Fsp3) is 0.550. The third-order valence-corrected chi connectivity index (χ3v) is 10.2. The Hall–Kier alpha value is -2.86. The van der Waals surface area contributed by atoms with Gasteiger partial charge in [-0.2, -0.15) is 0 Å². The van der Waals surface area contributed by atoms with Crippen LogP contribution in [-0.2, 0) is 71.9 Å². The molecule has 0 radical (unpaired) electrons. The molecule has 0 bridgehead atoms. The summed E-state index contributed by atoms with van der Waals surface area (Å²) in [6, 6.07) is 29.2. The van der Waals surface area contributed by atoms with Gasteiger partial charge in [-0.3, -0.25) is 0 Å². The number of aliphatic hydroxyl groups is 2. The van der Waals surface area contributed by atoms with Crippen LogP contribution in [0.2, 0.25) is 0 Å². The van der Waals surface area contributed by atoms with Crippen molar-refractivity contribution in [2.24, 2.45) is 0 Å². The van der Waals surface area contributed by atoms with Gasteiger partial charge in [0.25, 0.3) is 0 Å². The van der Waals surface area contributed by atoms with Crippen LogP contribution < -0.4 is 0 Å². The Bertz CT molecular complexity index is 1520. The minimum absolute atomic E-state index is 0.186. The van der Waals surface area contributed by atoms with Crippen molar-refractivity contribution >= 4 is 0 Å². The highest BCUT2D eigenvalue weighted by atomic mass is 16.8. The summed E-state index contributed by atoms with van der Waals surface area (Å²) in [6.45, 7) is 3.17. The Kier molecular flexibility index (Phi) is 13.7. The average Bonchev–Trinajstić information content (AvgIpc) is 3.20. The molecule has 0 amide bonds. The quantitative estimate of drug-likeness (QED) is 0.221. The molecule has 0 saturated carbocycles. The minimum Gasteiger partial charge on any atom is -0.394 e.